The van der Waals surface area contributed by atoms with Crippen LogP contribution in [0.2, 0.25) is 10.0 Å². The van der Waals surface area contributed by atoms with Crippen molar-refractivity contribution in [3.8, 4) is 11.5 Å². The number of hydrogen-bond donors (Lipinski definition) is 1. The topological polar surface area (TPSA) is 78.3 Å². The molecule has 29 heavy (non-hydrogen) atoms. The summed E-state index contributed by atoms with van der Waals surface area (Å²) in [5.74, 6) is 1.34. The van der Waals surface area contributed by atoms with Gasteiger partial charge in [0.05, 0.1) is 24.0 Å². The van der Waals surface area contributed by atoms with Crippen LogP contribution >= 0.6 is 39.1 Å². The first-order valence-electron chi connectivity index (χ1n) is 8.59. The number of carbonyl (C=O) groups excluding carboxylic acids is 1. The van der Waals surface area contributed by atoms with Crippen LogP contribution in [-0.4, -0.2) is 27.8 Å². The molecule has 1 aliphatic heterocycles. The Kier molecular flexibility index (Phi) is 5.67. The second kappa shape index (κ2) is 8.22. The summed E-state index contributed by atoms with van der Waals surface area (Å²) in [5, 5.41) is 8.02. The summed E-state index contributed by atoms with van der Waals surface area (Å²) in [6.45, 7) is 0.239. The number of benzene rings is 2. The number of halogens is 3. The number of hydrogen-bond acceptors (Lipinski definition) is 5. The maximum absolute atomic E-state index is 12.0. The van der Waals surface area contributed by atoms with Gasteiger partial charge in [0.1, 0.15) is 12.9 Å². The molecule has 150 valence electrons. The fourth-order valence-corrected chi connectivity index (χ4v) is 4.16. The molecule has 0 saturated carbocycles. The fraction of sp³-hybridized carbons (Fsp3) is 0.211. The Hall–Kier alpha value is -2.29. The van der Waals surface area contributed by atoms with Crippen molar-refractivity contribution in [2.24, 2.45) is 0 Å². The molecule has 2 aromatic carbocycles. The molecule has 4 rings (SSSR count). The molecule has 1 aromatic heterocycles. The van der Waals surface area contributed by atoms with Gasteiger partial charge in [-0.15, -0.1) is 0 Å². The van der Waals surface area contributed by atoms with E-state index < -0.39 is 0 Å². The Morgan fingerprint density at radius 3 is 2.90 bits per heavy atom. The zero-order chi connectivity index (χ0) is 20.5. The molecule has 10 heteroatoms. The normalized spacial score (nSPS) is 15.6. The van der Waals surface area contributed by atoms with E-state index >= 15 is 0 Å². The molecule has 1 aliphatic rings. The number of ether oxygens (including phenoxy) is 2. The van der Waals surface area contributed by atoms with E-state index in [1.165, 1.54) is 6.33 Å². The smallest absolute Gasteiger partial charge is 0.229 e. The van der Waals surface area contributed by atoms with Crippen molar-refractivity contribution in [3.63, 3.8) is 0 Å². The van der Waals surface area contributed by atoms with E-state index in [-0.39, 0.29) is 25.0 Å². The zero-order valence-corrected chi connectivity index (χ0v) is 18.3. The minimum atomic E-state index is -0.300. The van der Waals surface area contributed by atoms with Gasteiger partial charge in [0.15, 0.2) is 11.5 Å². The third kappa shape index (κ3) is 4.05. The van der Waals surface area contributed by atoms with Crippen LogP contribution in [-0.2, 0) is 11.4 Å². The summed E-state index contributed by atoms with van der Waals surface area (Å²) in [7, 11) is 1.56. The van der Waals surface area contributed by atoms with Crippen LogP contribution < -0.4 is 14.8 Å². The summed E-state index contributed by atoms with van der Waals surface area (Å²) in [4.78, 5) is 16.1. The van der Waals surface area contributed by atoms with E-state index in [0.717, 1.165) is 11.1 Å². The number of nitrogens with one attached hydrogen (secondary N) is 1. The molecule has 0 saturated heterocycles. The van der Waals surface area contributed by atoms with Gasteiger partial charge in [0.2, 0.25) is 11.9 Å². The number of aromatic nitrogens is 3. The number of rotatable bonds is 5. The van der Waals surface area contributed by atoms with Crippen LogP contribution in [0.3, 0.4) is 0 Å². The predicted molar refractivity (Wildman–Crippen MR) is 113 cm³/mol. The monoisotopic (exact) mass is 496 g/mol. The van der Waals surface area contributed by atoms with Gasteiger partial charge < -0.3 is 9.47 Å². The lowest BCUT2D eigenvalue weighted by molar-refractivity contribution is -0.117. The van der Waals surface area contributed by atoms with E-state index in [2.05, 4.69) is 31.3 Å². The highest BCUT2D eigenvalue weighted by Gasteiger charge is 2.29. The number of carbonyl (C=O) groups is 1. The Morgan fingerprint density at radius 1 is 1.31 bits per heavy atom. The number of methoxy groups -OCH3 is 1. The first kappa shape index (κ1) is 20.0. The minimum absolute atomic E-state index is 0.122. The van der Waals surface area contributed by atoms with Crippen molar-refractivity contribution >= 4 is 51.0 Å². The van der Waals surface area contributed by atoms with Gasteiger partial charge in [-0.1, -0.05) is 29.3 Å². The Balaban J connectivity index is 1.64. The van der Waals surface area contributed by atoms with E-state index in [9.17, 15) is 4.79 Å². The van der Waals surface area contributed by atoms with Gasteiger partial charge in [-0.25, -0.2) is 4.68 Å². The van der Waals surface area contributed by atoms with Crippen LogP contribution in [0, 0.1) is 0 Å². The van der Waals surface area contributed by atoms with Crippen molar-refractivity contribution in [2.75, 3.05) is 12.4 Å². The number of nitrogens with zero attached hydrogens (tertiary/aromatic N) is 3. The number of anilines is 1. The molecule has 2 heterocycles. The van der Waals surface area contributed by atoms with Gasteiger partial charge in [0, 0.05) is 15.6 Å². The third-order valence-corrected chi connectivity index (χ3v) is 5.70. The highest BCUT2D eigenvalue weighted by atomic mass is 79.9. The van der Waals surface area contributed by atoms with E-state index in [4.69, 9.17) is 32.7 Å². The van der Waals surface area contributed by atoms with E-state index in [0.29, 0.717) is 32.0 Å². The van der Waals surface area contributed by atoms with Gasteiger partial charge >= 0.3 is 0 Å². The first-order chi connectivity index (χ1) is 14.0. The molecule has 0 fully saturated rings. The summed E-state index contributed by atoms with van der Waals surface area (Å²) in [6.07, 6.45) is 1.65. The predicted octanol–water partition coefficient (Wildman–Crippen LogP) is 4.87. The molecule has 0 radical (unpaired) electrons. The molecule has 7 nitrogen and oxygen atoms in total. The van der Waals surface area contributed by atoms with Gasteiger partial charge in [-0.2, -0.15) is 10.1 Å². The van der Waals surface area contributed by atoms with Crippen molar-refractivity contribution in [1.82, 2.24) is 14.8 Å². The first-order valence-corrected chi connectivity index (χ1v) is 10.1. The van der Waals surface area contributed by atoms with E-state index in [1.807, 2.05) is 18.2 Å². The largest absolute Gasteiger partial charge is 0.493 e. The van der Waals surface area contributed by atoms with Crippen molar-refractivity contribution < 1.29 is 14.3 Å². The van der Waals surface area contributed by atoms with Crippen molar-refractivity contribution in [3.05, 3.63) is 62.3 Å². The average molecular weight is 498 g/mol. The molecule has 0 unspecified atom stereocenters. The zero-order valence-electron chi connectivity index (χ0n) is 15.2. The molecule has 3 aromatic rings. The molecular formula is C19H15BrCl2N4O3. The Labute approximate surface area is 185 Å². The Bertz CT molecular complexity index is 1090. The second-order valence-corrected chi connectivity index (χ2v) is 8.05. The third-order valence-electron chi connectivity index (χ3n) is 4.52. The van der Waals surface area contributed by atoms with Crippen LogP contribution in [0.15, 0.2) is 41.1 Å². The minimum Gasteiger partial charge on any atom is -0.493 e. The van der Waals surface area contributed by atoms with Crippen LogP contribution in [0.5, 0.6) is 11.5 Å². The SMILES string of the molecule is COc1cc([C@@H]2CC(=O)Nc3ncnn32)cc(Br)c1OCc1ccc(Cl)cc1Cl. The molecule has 1 atom stereocenters. The lowest BCUT2D eigenvalue weighted by atomic mass is 10.0. The Morgan fingerprint density at radius 2 is 2.14 bits per heavy atom. The molecule has 0 aliphatic carbocycles. The highest BCUT2D eigenvalue weighted by molar-refractivity contribution is 9.10. The summed E-state index contributed by atoms with van der Waals surface area (Å²) in [6, 6.07) is 8.65. The van der Waals surface area contributed by atoms with Gasteiger partial charge in [-0.05, 0) is 45.8 Å². The molecular weight excluding hydrogens is 483 g/mol. The van der Waals surface area contributed by atoms with Crippen LogP contribution in [0.1, 0.15) is 23.6 Å². The second-order valence-electron chi connectivity index (χ2n) is 6.35. The highest BCUT2D eigenvalue weighted by Crippen LogP contribution is 2.41. The standard InChI is InChI=1S/C19H15BrCl2N4O3/c1-28-16-5-11(15-7-17(27)25-19-23-9-24-26(15)19)4-13(20)18(16)29-8-10-2-3-12(21)6-14(10)22/h2-6,9,15H,7-8H2,1H3,(H,23,24,25,27)/t15-/m0/s1. The molecule has 0 spiro atoms. The van der Waals surface area contributed by atoms with Gasteiger partial charge in [0.25, 0.3) is 0 Å². The summed E-state index contributed by atoms with van der Waals surface area (Å²) < 4.78 is 13.9. The fourth-order valence-electron chi connectivity index (χ4n) is 3.13. The average Bonchev–Trinajstić information content (AvgIpc) is 3.15. The van der Waals surface area contributed by atoms with Crippen LogP contribution in [0.4, 0.5) is 5.95 Å². The number of amides is 1. The van der Waals surface area contributed by atoms with Crippen LogP contribution in [0.25, 0.3) is 0 Å². The van der Waals surface area contributed by atoms with Gasteiger partial charge in [-0.3, -0.25) is 10.1 Å². The maximum Gasteiger partial charge on any atom is 0.229 e. The summed E-state index contributed by atoms with van der Waals surface area (Å²) in [5.41, 5.74) is 1.64. The maximum atomic E-state index is 12.0. The van der Waals surface area contributed by atoms with Crippen molar-refractivity contribution in [2.45, 2.75) is 19.1 Å². The molecule has 1 N–H and O–H groups in total. The lowest BCUT2D eigenvalue weighted by Crippen LogP contribution is -2.29. The lowest BCUT2D eigenvalue weighted by Gasteiger charge is -2.25. The quantitative estimate of drug-likeness (QED) is 0.544. The molecule has 0 bridgehead atoms. The van der Waals surface area contributed by atoms with E-state index in [1.54, 1.807) is 23.9 Å². The summed E-state index contributed by atoms with van der Waals surface area (Å²) >= 11 is 15.7. The number of fused-ring (bicyclic) bond motifs is 1. The molecule has 1 amide bonds. The van der Waals surface area contributed by atoms with Crippen molar-refractivity contribution in [1.29, 1.82) is 0 Å².